The molecule has 2 aliphatic heterocycles. The number of carbonyl (C=O) groups is 1. The molecule has 2 aromatic rings. The van der Waals surface area contributed by atoms with E-state index in [0.717, 1.165) is 17.7 Å². The number of rotatable bonds is 2. The predicted molar refractivity (Wildman–Crippen MR) is 101 cm³/mol. The summed E-state index contributed by atoms with van der Waals surface area (Å²) in [7, 11) is 0. The first kappa shape index (κ1) is 18.5. The number of thiocarbonyl (C=S) groups is 1. The lowest BCUT2D eigenvalue weighted by Crippen LogP contribution is -2.70. The molecule has 28 heavy (non-hydrogen) atoms. The molecule has 3 N–H and O–H groups in total. The molecule has 5 nitrogen and oxygen atoms in total. The highest BCUT2D eigenvalue weighted by atomic mass is 32.1. The fourth-order valence-electron chi connectivity index (χ4n) is 3.68. The van der Waals surface area contributed by atoms with Crippen LogP contribution in [0.15, 0.2) is 48.5 Å². The molecule has 0 unspecified atom stereocenters. The van der Waals surface area contributed by atoms with Gasteiger partial charge in [0, 0.05) is 11.3 Å². The van der Waals surface area contributed by atoms with E-state index in [2.05, 4.69) is 16.0 Å². The van der Waals surface area contributed by atoms with Gasteiger partial charge < -0.3 is 20.7 Å². The Bertz CT molecular complexity index is 965. The van der Waals surface area contributed by atoms with E-state index in [4.69, 9.17) is 17.0 Å². The molecule has 1 amide bonds. The van der Waals surface area contributed by atoms with Crippen LogP contribution in [0.4, 0.5) is 18.9 Å². The van der Waals surface area contributed by atoms with Gasteiger partial charge in [0.1, 0.15) is 11.7 Å². The summed E-state index contributed by atoms with van der Waals surface area (Å²) >= 11 is 5.23. The average Bonchev–Trinajstić information content (AvgIpc) is 2.60. The number of hydrogen-bond acceptors (Lipinski definition) is 3. The minimum absolute atomic E-state index is 0.0583. The first-order valence-corrected chi connectivity index (χ1v) is 8.93. The molecule has 2 aromatic carbocycles. The molecule has 1 saturated heterocycles. The van der Waals surface area contributed by atoms with Crippen LogP contribution in [-0.4, -0.2) is 16.7 Å². The molecule has 3 atom stereocenters. The summed E-state index contributed by atoms with van der Waals surface area (Å²) in [6, 6.07) is 11.3. The van der Waals surface area contributed by atoms with Crippen LogP contribution in [0.3, 0.4) is 0 Å². The van der Waals surface area contributed by atoms with Gasteiger partial charge in [0.2, 0.25) is 5.91 Å². The van der Waals surface area contributed by atoms with Gasteiger partial charge in [-0.15, -0.1) is 0 Å². The minimum Gasteiger partial charge on any atom is -0.467 e. The molecule has 0 aliphatic carbocycles. The Morgan fingerprint density at radius 3 is 2.71 bits per heavy atom. The molecule has 4 rings (SSSR count). The standard InChI is InChI=1S/C19H16F3N3O2S/c1-18-14(16(26)23-11-6-4-5-10(9-11)19(20,21)22)15(24-17(28)25-18)12-7-2-3-8-13(12)27-18/h2-9,14-15H,1H3,(H,23,26)(H2,24,25,28)/t14-,15-,18+/m0/s1. The molecule has 146 valence electrons. The Morgan fingerprint density at radius 2 is 1.96 bits per heavy atom. The van der Waals surface area contributed by atoms with E-state index in [1.165, 1.54) is 12.1 Å². The van der Waals surface area contributed by atoms with Crippen LogP contribution in [0.5, 0.6) is 5.75 Å². The molecule has 2 heterocycles. The number of para-hydroxylation sites is 1. The maximum absolute atomic E-state index is 13.1. The Hall–Kier alpha value is -2.81. The van der Waals surface area contributed by atoms with Gasteiger partial charge in [-0.2, -0.15) is 13.2 Å². The lowest BCUT2D eigenvalue weighted by atomic mass is 9.80. The third-order valence-electron chi connectivity index (χ3n) is 4.89. The van der Waals surface area contributed by atoms with E-state index in [1.54, 1.807) is 13.0 Å². The number of alkyl halides is 3. The quantitative estimate of drug-likeness (QED) is 0.665. The molecule has 0 radical (unpaired) electrons. The Balaban J connectivity index is 1.67. The van der Waals surface area contributed by atoms with E-state index >= 15 is 0 Å². The van der Waals surface area contributed by atoms with Gasteiger partial charge >= 0.3 is 6.18 Å². The number of ether oxygens (including phenoxy) is 1. The second kappa shape index (κ2) is 6.37. The molecule has 1 fully saturated rings. The van der Waals surface area contributed by atoms with Crippen LogP contribution in [0.1, 0.15) is 24.1 Å². The lowest BCUT2D eigenvalue weighted by molar-refractivity contribution is -0.138. The molecule has 0 aromatic heterocycles. The van der Waals surface area contributed by atoms with Crippen LogP contribution in [-0.2, 0) is 11.0 Å². The van der Waals surface area contributed by atoms with Gasteiger partial charge in [0.25, 0.3) is 0 Å². The number of amides is 1. The number of halogens is 3. The van der Waals surface area contributed by atoms with Crippen molar-refractivity contribution in [1.29, 1.82) is 0 Å². The molecular formula is C19H16F3N3O2S. The highest BCUT2D eigenvalue weighted by Gasteiger charge is 2.54. The zero-order valence-corrected chi connectivity index (χ0v) is 15.4. The van der Waals surface area contributed by atoms with E-state index < -0.39 is 35.3 Å². The second-order valence-corrected chi connectivity index (χ2v) is 7.28. The van der Waals surface area contributed by atoms with Gasteiger partial charge in [0.05, 0.1) is 11.6 Å². The Labute approximate surface area is 164 Å². The molecule has 0 saturated carbocycles. The van der Waals surface area contributed by atoms with E-state index in [1.807, 2.05) is 18.2 Å². The Kier molecular flexibility index (Phi) is 4.22. The summed E-state index contributed by atoms with van der Waals surface area (Å²) in [5, 5.41) is 8.98. The van der Waals surface area contributed by atoms with Gasteiger partial charge in [-0.05, 0) is 43.4 Å². The molecule has 9 heteroatoms. The van der Waals surface area contributed by atoms with Crippen LogP contribution < -0.4 is 20.7 Å². The number of fused-ring (bicyclic) bond motifs is 4. The number of benzene rings is 2. The SMILES string of the molecule is C[C@@]12NC(=S)N[C@@H](c3ccccc3O1)[C@H]2C(=O)Nc1cccc(C(F)(F)F)c1. The minimum atomic E-state index is -4.49. The van der Waals surface area contributed by atoms with Crippen molar-refractivity contribution >= 4 is 28.9 Å². The number of hydrogen-bond donors (Lipinski definition) is 3. The van der Waals surface area contributed by atoms with E-state index in [9.17, 15) is 18.0 Å². The summed E-state index contributed by atoms with van der Waals surface area (Å²) in [5.74, 6) is -0.645. The monoisotopic (exact) mass is 407 g/mol. The number of nitrogens with one attached hydrogen (secondary N) is 3. The van der Waals surface area contributed by atoms with Crippen molar-refractivity contribution < 1.29 is 22.7 Å². The zero-order valence-electron chi connectivity index (χ0n) is 14.6. The number of carbonyl (C=O) groups excluding carboxylic acids is 1. The average molecular weight is 407 g/mol. The normalized spacial score (nSPS) is 25.6. The van der Waals surface area contributed by atoms with Crippen molar-refractivity contribution in [2.24, 2.45) is 5.92 Å². The molecule has 2 bridgehead atoms. The van der Waals surface area contributed by atoms with Crippen LogP contribution >= 0.6 is 12.2 Å². The van der Waals surface area contributed by atoms with Crippen molar-refractivity contribution in [2.45, 2.75) is 24.9 Å². The number of anilines is 1. The van der Waals surface area contributed by atoms with Crippen molar-refractivity contribution in [2.75, 3.05) is 5.32 Å². The molecule has 2 aliphatic rings. The second-order valence-electron chi connectivity index (χ2n) is 6.87. The van der Waals surface area contributed by atoms with Crippen LogP contribution in [0, 0.1) is 5.92 Å². The predicted octanol–water partition coefficient (Wildman–Crippen LogP) is 3.59. The van der Waals surface area contributed by atoms with Gasteiger partial charge in [-0.3, -0.25) is 4.79 Å². The third-order valence-corrected chi connectivity index (χ3v) is 5.11. The van der Waals surface area contributed by atoms with Gasteiger partial charge in [-0.1, -0.05) is 24.3 Å². The molecular weight excluding hydrogens is 391 g/mol. The van der Waals surface area contributed by atoms with Gasteiger partial charge in [-0.25, -0.2) is 0 Å². The van der Waals surface area contributed by atoms with E-state index in [-0.39, 0.29) is 5.69 Å². The zero-order chi connectivity index (χ0) is 20.1. The fraction of sp³-hybridized carbons (Fsp3) is 0.263. The highest BCUT2D eigenvalue weighted by molar-refractivity contribution is 7.80. The first-order chi connectivity index (χ1) is 13.2. The summed E-state index contributed by atoms with van der Waals surface area (Å²) in [6.07, 6.45) is -4.49. The van der Waals surface area contributed by atoms with Crippen molar-refractivity contribution in [3.63, 3.8) is 0 Å². The maximum Gasteiger partial charge on any atom is 0.416 e. The summed E-state index contributed by atoms with van der Waals surface area (Å²) in [5.41, 5.74) is -1.16. The van der Waals surface area contributed by atoms with Crippen molar-refractivity contribution in [3.05, 3.63) is 59.7 Å². The largest absolute Gasteiger partial charge is 0.467 e. The van der Waals surface area contributed by atoms with Gasteiger partial charge in [0.15, 0.2) is 10.8 Å². The lowest BCUT2D eigenvalue weighted by Gasteiger charge is -2.50. The van der Waals surface area contributed by atoms with Crippen LogP contribution in [0.25, 0.3) is 0 Å². The molecule has 0 spiro atoms. The smallest absolute Gasteiger partial charge is 0.416 e. The van der Waals surface area contributed by atoms with Crippen LogP contribution in [0.2, 0.25) is 0 Å². The summed E-state index contributed by atoms with van der Waals surface area (Å²) in [6.45, 7) is 1.69. The van der Waals surface area contributed by atoms with Crippen molar-refractivity contribution in [1.82, 2.24) is 10.6 Å². The fourth-order valence-corrected chi connectivity index (χ4v) is 4.01. The Morgan fingerprint density at radius 1 is 1.21 bits per heavy atom. The third kappa shape index (κ3) is 3.15. The summed E-state index contributed by atoms with van der Waals surface area (Å²) < 4.78 is 44.9. The maximum atomic E-state index is 13.1. The highest BCUT2D eigenvalue weighted by Crippen LogP contribution is 2.45. The first-order valence-electron chi connectivity index (χ1n) is 8.52. The summed E-state index contributed by atoms with van der Waals surface area (Å²) in [4.78, 5) is 13.1. The topological polar surface area (TPSA) is 62.4 Å². The van der Waals surface area contributed by atoms with Crippen molar-refractivity contribution in [3.8, 4) is 5.75 Å². The van der Waals surface area contributed by atoms with E-state index in [0.29, 0.717) is 10.9 Å².